The molecule has 0 unspecified atom stereocenters. The summed E-state index contributed by atoms with van der Waals surface area (Å²) in [4.78, 5) is 22.0. The molecular weight excluding hydrogens is 368 g/mol. The van der Waals surface area contributed by atoms with Gasteiger partial charge in [-0.05, 0) is 48.9 Å². The van der Waals surface area contributed by atoms with Crippen molar-refractivity contribution >= 4 is 17.2 Å². The fourth-order valence-electron chi connectivity index (χ4n) is 3.07. The molecule has 4 rings (SSSR count). The summed E-state index contributed by atoms with van der Waals surface area (Å²) in [5.74, 6) is -0.0120. The highest BCUT2D eigenvalue weighted by Crippen LogP contribution is 2.23. The molecule has 4 aromatic rings. The molecular formula is C22H20N4OS. The van der Waals surface area contributed by atoms with Gasteiger partial charge in [0.25, 0.3) is 5.91 Å². The fraction of sp³-hybridized carbons (Fsp3) is 0.136. The number of amides is 1. The lowest BCUT2D eigenvalue weighted by Crippen LogP contribution is -2.30. The summed E-state index contributed by atoms with van der Waals surface area (Å²) >= 11 is 1.71. The van der Waals surface area contributed by atoms with E-state index in [1.807, 2.05) is 53.6 Å². The van der Waals surface area contributed by atoms with Gasteiger partial charge >= 0.3 is 0 Å². The molecule has 1 N–H and O–H groups in total. The first kappa shape index (κ1) is 18.1. The first-order valence-corrected chi connectivity index (χ1v) is 9.84. The second-order valence-electron chi connectivity index (χ2n) is 6.56. The minimum absolute atomic E-state index is 0.0120. The molecule has 0 radical (unpaired) electrons. The van der Waals surface area contributed by atoms with Crippen LogP contribution in [-0.4, -0.2) is 26.0 Å². The largest absolute Gasteiger partial charge is 0.328 e. The van der Waals surface area contributed by atoms with Gasteiger partial charge in [-0.15, -0.1) is 11.3 Å². The van der Waals surface area contributed by atoms with Crippen molar-refractivity contribution in [3.05, 3.63) is 94.2 Å². The van der Waals surface area contributed by atoms with Crippen molar-refractivity contribution in [1.29, 1.82) is 0 Å². The molecule has 3 aromatic heterocycles. The van der Waals surface area contributed by atoms with Crippen LogP contribution in [0.25, 0.3) is 11.1 Å². The van der Waals surface area contributed by atoms with Crippen molar-refractivity contribution in [2.45, 2.75) is 20.0 Å². The zero-order valence-corrected chi connectivity index (χ0v) is 16.3. The minimum atomic E-state index is -0.0120. The highest BCUT2D eigenvalue weighted by atomic mass is 32.1. The number of rotatable bonds is 6. The number of carbonyl (C=O) groups excluding carboxylic acids is 1. The molecule has 0 bridgehead atoms. The lowest BCUT2D eigenvalue weighted by atomic mass is 10.1. The van der Waals surface area contributed by atoms with Crippen molar-refractivity contribution in [3.63, 3.8) is 0 Å². The van der Waals surface area contributed by atoms with E-state index in [2.05, 4.69) is 34.2 Å². The number of aromatic amines is 1. The van der Waals surface area contributed by atoms with Crippen molar-refractivity contribution in [1.82, 2.24) is 20.1 Å². The Kier molecular flexibility index (Phi) is 5.30. The third-order valence-electron chi connectivity index (χ3n) is 4.45. The van der Waals surface area contributed by atoms with E-state index in [0.717, 1.165) is 21.7 Å². The normalized spacial score (nSPS) is 10.8. The molecule has 140 valence electrons. The summed E-state index contributed by atoms with van der Waals surface area (Å²) in [6.45, 7) is 3.10. The van der Waals surface area contributed by atoms with Crippen LogP contribution in [0.3, 0.4) is 0 Å². The zero-order valence-electron chi connectivity index (χ0n) is 15.5. The maximum Gasteiger partial charge on any atom is 0.254 e. The summed E-state index contributed by atoms with van der Waals surface area (Å²) in [5.41, 5.74) is 3.45. The van der Waals surface area contributed by atoms with Gasteiger partial charge in [-0.1, -0.05) is 18.2 Å². The summed E-state index contributed by atoms with van der Waals surface area (Å²) in [6.07, 6.45) is 5.33. The molecule has 0 aliphatic rings. The van der Waals surface area contributed by atoms with Crippen LogP contribution in [0.5, 0.6) is 0 Å². The molecule has 5 nitrogen and oxygen atoms in total. The number of benzene rings is 1. The van der Waals surface area contributed by atoms with Crippen LogP contribution < -0.4 is 0 Å². The molecule has 0 spiro atoms. The quantitative estimate of drug-likeness (QED) is 0.521. The lowest BCUT2D eigenvalue weighted by molar-refractivity contribution is 0.0729. The first-order chi connectivity index (χ1) is 13.7. The van der Waals surface area contributed by atoms with Crippen LogP contribution in [0.4, 0.5) is 0 Å². The van der Waals surface area contributed by atoms with Crippen LogP contribution in [-0.2, 0) is 13.1 Å². The summed E-state index contributed by atoms with van der Waals surface area (Å²) < 4.78 is 0. The van der Waals surface area contributed by atoms with E-state index < -0.39 is 0 Å². The number of hydrogen-bond acceptors (Lipinski definition) is 4. The Balaban J connectivity index is 1.63. The van der Waals surface area contributed by atoms with Crippen LogP contribution in [0.15, 0.2) is 73.2 Å². The monoisotopic (exact) mass is 388 g/mol. The van der Waals surface area contributed by atoms with Crippen molar-refractivity contribution in [2.75, 3.05) is 0 Å². The van der Waals surface area contributed by atoms with E-state index in [4.69, 9.17) is 0 Å². The summed E-state index contributed by atoms with van der Waals surface area (Å²) in [7, 11) is 0. The molecule has 6 heteroatoms. The number of hydrogen-bond donors (Lipinski definition) is 1. The number of carbonyl (C=O) groups is 1. The molecule has 0 atom stereocenters. The molecule has 0 fully saturated rings. The molecule has 0 aliphatic carbocycles. The minimum Gasteiger partial charge on any atom is -0.328 e. The molecule has 1 aromatic carbocycles. The highest BCUT2D eigenvalue weighted by molar-refractivity contribution is 7.11. The van der Waals surface area contributed by atoms with Crippen LogP contribution >= 0.6 is 11.3 Å². The Bertz CT molecular complexity index is 1060. The number of aryl methyl sites for hydroxylation is 1. The molecule has 1 amide bonds. The Morgan fingerprint density at radius 3 is 2.71 bits per heavy atom. The standard InChI is InChI=1S/C22H20N4OS/c1-16-8-9-21(28-16)15-26(14-20-7-2-3-10-23-20)22(27)18-6-4-5-17(11-18)19-12-24-25-13-19/h2-13H,14-15H2,1H3,(H,24,25). The number of H-pyrrole nitrogens is 1. The van der Waals surface area contributed by atoms with Gasteiger partial charge in [-0.2, -0.15) is 5.10 Å². The van der Waals surface area contributed by atoms with Gasteiger partial charge in [-0.3, -0.25) is 14.9 Å². The lowest BCUT2D eigenvalue weighted by Gasteiger charge is -2.22. The molecule has 0 saturated heterocycles. The maximum absolute atomic E-state index is 13.4. The summed E-state index contributed by atoms with van der Waals surface area (Å²) in [6, 6.07) is 17.6. The topological polar surface area (TPSA) is 61.9 Å². The van der Waals surface area contributed by atoms with Gasteiger partial charge in [-0.25, -0.2) is 0 Å². The van der Waals surface area contributed by atoms with E-state index >= 15 is 0 Å². The van der Waals surface area contributed by atoms with Crippen LogP contribution in [0.2, 0.25) is 0 Å². The number of aromatic nitrogens is 3. The molecule has 0 aliphatic heterocycles. The van der Waals surface area contributed by atoms with Gasteiger partial charge in [0.15, 0.2) is 0 Å². The van der Waals surface area contributed by atoms with E-state index in [9.17, 15) is 4.79 Å². The molecule has 3 heterocycles. The van der Waals surface area contributed by atoms with Crippen molar-refractivity contribution < 1.29 is 4.79 Å². The van der Waals surface area contributed by atoms with E-state index in [1.54, 1.807) is 23.7 Å². The van der Waals surface area contributed by atoms with Crippen molar-refractivity contribution in [2.24, 2.45) is 0 Å². The number of nitrogens with one attached hydrogen (secondary N) is 1. The average molecular weight is 388 g/mol. The third kappa shape index (κ3) is 4.18. The average Bonchev–Trinajstić information content (AvgIpc) is 3.40. The number of pyridine rings is 1. The van der Waals surface area contributed by atoms with Gasteiger partial charge in [0.05, 0.1) is 25.0 Å². The van der Waals surface area contributed by atoms with E-state index in [1.165, 1.54) is 4.88 Å². The fourth-order valence-corrected chi connectivity index (χ4v) is 3.97. The van der Waals surface area contributed by atoms with Gasteiger partial charge in [0.1, 0.15) is 0 Å². The molecule has 28 heavy (non-hydrogen) atoms. The summed E-state index contributed by atoms with van der Waals surface area (Å²) in [5, 5.41) is 6.81. The van der Waals surface area contributed by atoms with E-state index in [-0.39, 0.29) is 5.91 Å². The van der Waals surface area contributed by atoms with E-state index in [0.29, 0.717) is 18.7 Å². The smallest absolute Gasteiger partial charge is 0.254 e. The van der Waals surface area contributed by atoms with Crippen molar-refractivity contribution in [3.8, 4) is 11.1 Å². The Morgan fingerprint density at radius 1 is 1.07 bits per heavy atom. The second-order valence-corrected chi connectivity index (χ2v) is 7.93. The predicted molar refractivity (Wildman–Crippen MR) is 111 cm³/mol. The molecule has 0 saturated carbocycles. The highest BCUT2D eigenvalue weighted by Gasteiger charge is 2.18. The Morgan fingerprint density at radius 2 is 2.00 bits per heavy atom. The SMILES string of the molecule is Cc1ccc(CN(Cc2ccccn2)C(=O)c2cccc(-c3cn[nH]c3)c2)s1. The van der Waals surface area contributed by atoms with Crippen LogP contribution in [0, 0.1) is 6.92 Å². The van der Waals surface area contributed by atoms with Gasteiger partial charge in [0.2, 0.25) is 0 Å². The number of nitrogens with zero attached hydrogens (tertiary/aromatic N) is 3. The van der Waals surface area contributed by atoms with Crippen LogP contribution in [0.1, 0.15) is 25.8 Å². The maximum atomic E-state index is 13.4. The Hall–Kier alpha value is -3.25. The number of thiophene rings is 1. The van der Waals surface area contributed by atoms with Gasteiger partial charge < -0.3 is 4.90 Å². The zero-order chi connectivity index (χ0) is 19.3. The predicted octanol–water partition coefficient (Wildman–Crippen LogP) is 4.68. The Labute approximate surface area is 167 Å². The second kappa shape index (κ2) is 8.19. The first-order valence-electron chi connectivity index (χ1n) is 9.03. The third-order valence-corrected chi connectivity index (χ3v) is 5.44. The van der Waals surface area contributed by atoms with Gasteiger partial charge in [0, 0.05) is 33.3 Å².